The molecule has 0 saturated heterocycles. The summed E-state index contributed by atoms with van der Waals surface area (Å²) >= 11 is 0. The number of hydrogen-bond acceptors (Lipinski definition) is 3. The molecule has 0 spiro atoms. The number of anilines is 1. The Morgan fingerprint density at radius 3 is 2.43 bits per heavy atom. The molecule has 0 radical (unpaired) electrons. The van der Waals surface area contributed by atoms with Gasteiger partial charge >= 0.3 is 5.97 Å². The van der Waals surface area contributed by atoms with Crippen molar-refractivity contribution in [3.05, 3.63) is 17.8 Å². The second-order valence-corrected chi connectivity index (χ2v) is 4.19. The molecule has 0 amide bonds. The molecule has 1 rings (SSSR count). The lowest BCUT2D eigenvalue weighted by Gasteiger charge is -2.22. The first kappa shape index (κ1) is 10.6. The van der Waals surface area contributed by atoms with E-state index in [1.807, 2.05) is 25.3 Å². The molecule has 0 aliphatic rings. The van der Waals surface area contributed by atoms with Crippen molar-refractivity contribution in [1.29, 1.82) is 0 Å². The largest absolute Gasteiger partial charge is 0.465 e. The predicted molar refractivity (Wildman–Crippen MR) is 55.2 cm³/mol. The summed E-state index contributed by atoms with van der Waals surface area (Å²) in [4.78, 5) is 11.2. The zero-order chi connectivity index (χ0) is 10.9. The Kier molecular flexibility index (Phi) is 2.55. The van der Waals surface area contributed by atoms with Crippen LogP contribution in [0.5, 0.6) is 0 Å². The quantitative estimate of drug-likeness (QED) is 0.694. The fourth-order valence-corrected chi connectivity index (χ4v) is 1.29. The number of carbonyl (C=O) groups excluding carboxylic acids is 1. The van der Waals surface area contributed by atoms with E-state index in [-0.39, 0.29) is 11.5 Å². The first-order chi connectivity index (χ1) is 6.36. The van der Waals surface area contributed by atoms with Gasteiger partial charge in [0, 0.05) is 11.7 Å². The Morgan fingerprint density at radius 1 is 1.50 bits per heavy atom. The molecule has 78 valence electrons. The Morgan fingerprint density at radius 2 is 2.07 bits per heavy atom. The molecular formula is C10H16N2O2. The minimum atomic E-state index is -0.361. The third-order valence-corrected chi connectivity index (χ3v) is 1.99. The molecule has 1 aromatic heterocycles. The zero-order valence-corrected chi connectivity index (χ0v) is 9.00. The van der Waals surface area contributed by atoms with E-state index in [4.69, 9.17) is 5.73 Å². The molecule has 4 nitrogen and oxygen atoms in total. The van der Waals surface area contributed by atoms with Gasteiger partial charge < -0.3 is 15.0 Å². The number of nitrogens with two attached hydrogens (primary N) is 1. The van der Waals surface area contributed by atoms with Crippen LogP contribution in [0.25, 0.3) is 0 Å². The van der Waals surface area contributed by atoms with Crippen molar-refractivity contribution in [2.24, 2.45) is 0 Å². The van der Waals surface area contributed by atoms with Crippen molar-refractivity contribution in [2.45, 2.75) is 26.3 Å². The van der Waals surface area contributed by atoms with Gasteiger partial charge in [-0.25, -0.2) is 4.79 Å². The van der Waals surface area contributed by atoms with E-state index in [0.29, 0.717) is 11.4 Å². The summed E-state index contributed by atoms with van der Waals surface area (Å²) in [6.07, 6.45) is 1.71. The number of nitrogens with zero attached hydrogens (tertiary/aromatic N) is 1. The van der Waals surface area contributed by atoms with Crippen molar-refractivity contribution in [1.82, 2.24) is 4.57 Å². The van der Waals surface area contributed by atoms with Crippen LogP contribution in [0.15, 0.2) is 12.3 Å². The fraction of sp³-hybridized carbons (Fsp3) is 0.500. The number of esters is 1. The van der Waals surface area contributed by atoms with Crippen molar-refractivity contribution >= 4 is 11.8 Å². The second-order valence-electron chi connectivity index (χ2n) is 4.19. The third-order valence-electron chi connectivity index (χ3n) is 1.99. The number of aromatic nitrogens is 1. The van der Waals surface area contributed by atoms with Gasteiger partial charge in [-0.1, -0.05) is 0 Å². The molecule has 1 aromatic rings. The summed E-state index contributed by atoms with van der Waals surface area (Å²) in [5, 5.41) is 0. The summed E-state index contributed by atoms with van der Waals surface area (Å²) in [6.45, 7) is 6.05. The van der Waals surface area contributed by atoms with Crippen LogP contribution in [0.4, 0.5) is 5.82 Å². The summed E-state index contributed by atoms with van der Waals surface area (Å²) < 4.78 is 6.46. The van der Waals surface area contributed by atoms with Crippen LogP contribution in [-0.2, 0) is 10.3 Å². The van der Waals surface area contributed by atoms with E-state index in [0.717, 1.165) is 0 Å². The Balaban J connectivity index is 3.12. The Labute approximate surface area is 83.7 Å². The van der Waals surface area contributed by atoms with Crippen molar-refractivity contribution in [2.75, 3.05) is 12.8 Å². The Bertz CT molecular complexity index is 347. The molecule has 0 aromatic carbocycles. The van der Waals surface area contributed by atoms with E-state index < -0.39 is 0 Å². The van der Waals surface area contributed by atoms with Gasteiger partial charge in [-0.05, 0) is 26.8 Å². The highest BCUT2D eigenvalue weighted by Gasteiger charge is 2.18. The highest BCUT2D eigenvalue weighted by Crippen LogP contribution is 2.22. The molecule has 0 unspecified atom stereocenters. The minimum Gasteiger partial charge on any atom is -0.465 e. The third kappa shape index (κ3) is 1.89. The van der Waals surface area contributed by atoms with Crippen molar-refractivity contribution < 1.29 is 9.53 Å². The lowest BCUT2D eigenvalue weighted by atomic mass is 10.1. The van der Waals surface area contributed by atoms with E-state index in [1.165, 1.54) is 7.11 Å². The summed E-state index contributed by atoms with van der Waals surface area (Å²) in [5.41, 5.74) is 6.13. The van der Waals surface area contributed by atoms with E-state index >= 15 is 0 Å². The van der Waals surface area contributed by atoms with E-state index in [2.05, 4.69) is 4.74 Å². The minimum absolute atomic E-state index is 0.129. The average Bonchev–Trinajstić information content (AvgIpc) is 2.45. The van der Waals surface area contributed by atoms with E-state index in [9.17, 15) is 4.79 Å². The van der Waals surface area contributed by atoms with Gasteiger partial charge in [-0.3, -0.25) is 0 Å². The molecular weight excluding hydrogens is 180 g/mol. The van der Waals surface area contributed by atoms with E-state index in [1.54, 1.807) is 12.3 Å². The topological polar surface area (TPSA) is 57.2 Å². The first-order valence-corrected chi connectivity index (χ1v) is 4.43. The molecule has 0 atom stereocenters. The average molecular weight is 196 g/mol. The summed E-state index contributed by atoms with van der Waals surface area (Å²) in [6, 6.07) is 1.62. The molecule has 2 N–H and O–H groups in total. The lowest BCUT2D eigenvalue weighted by Crippen LogP contribution is -2.22. The summed E-state index contributed by atoms with van der Waals surface area (Å²) in [7, 11) is 1.35. The fourth-order valence-electron chi connectivity index (χ4n) is 1.29. The van der Waals surface area contributed by atoms with Gasteiger partial charge in [0.05, 0.1) is 12.7 Å². The normalized spacial score (nSPS) is 11.4. The number of methoxy groups -OCH3 is 1. The molecule has 0 fully saturated rings. The first-order valence-electron chi connectivity index (χ1n) is 4.43. The maximum absolute atomic E-state index is 11.2. The number of rotatable bonds is 1. The molecule has 0 aliphatic heterocycles. The highest BCUT2D eigenvalue weighted by atomic mass is 16.5. The number of ether oxygens (including phenoxy) is 1. The standard InChI is InChI=1S/C10H16N2O2/c1-10(2,3)12-6-7(5-8(12)11)9(13)14-4/h5-6H,11H2,1-4H3. The number of carbonyl (C=O) groups is 1. The van der Waals surface area contributed by atoms with Crippen LogP contribution in [0.1, 0.15) is 31.1 Å². The molecule has 14 heavy (non-hydrogen) atoms. The van der Waals surface area contributed by atoms with Crippen LogP contribution < -0.4 is 5.73 Å². The van der Waals surface area contributed by atoms with Gasteiger partial charge in [0.2, 0.25) is 0 Å². The van der Waals surface area contributed by atoms with Gasteiger partial charge in [0.1, 0.15) is 5.82 Å². The number of nitrogen functional groups attached to an aromatic ring is 1. The van der Waals surface area contributed by atoms with Crippen LogP contribution >= 0.6 is 0 Å². The highest BCUT2D eigenvalue weighted by molar-refractivity contribution is 5.90. The second kappa shape index (κ2) is 3.36. The van der Waals surface area contributed by atoms with Gasteiger partial charge in [-0.2, -0.15) is 0 Å². The van der Waals surface area contributed by atoms with Gasteiger partial charge in [0.25, 0.3) is 0 Å². The Hall–Kier alpha value is -1.45. The molecule has 0 aliphatic carbocycles. The monoisotopic (exact) mass is 196 g/mol. The van der Waals surface area contributed by atoms with Crippen LogP contribution in [0.2, 0.25) is 0 Å². The van der Waals surface area contributed by atoms with Crippen LogP contribution in [-0.4, -0.2) is 17.6 Å². The molecule has 0 saturated carbocycles. The number of hydrogen-bond donors (Lipinski definition) is 1. The predicted octanol–water partition coefficient (Wildman–Crippen LogP) is 1.61. The maximum atomic E-state index is 11.2. The smallest absolute Gasteiger partial charge is 0.339 e. The summed E-state index contributed by atoms with van der Waals surface area (Å²) in [5.74, 6) is 0.206. The van der Waals surface area contributed by atoms with Crippen molar-refractivity contribution in [3.63, 3.8) is 0 Å². The zero-order valence-electron chi connectivity index (χ0n) is 9.00. The van der Waals surface area contributed by atoms with Crippen LogP contribution in [0, 0.1) is 0 Å². The molecule has 4 heteroatoms. The van der Waals surface area contributed by atoms with Gasteiger partial charge in [-0.15, -0.1) is 0 Å². The lowest BCUT2D eigenvalue weighted by molar-refractivity contribution is 0.0600. The molecule has 1 heterocycles. The molecule has 0 bridgehead atoms. The maximum Gasteiger partial charge on any atom is 0.339 e. The SMILES string of the molecule is COC(=O)c1cc(N)n(C(C)(C)C)c1. The van der Waals surface area contributed by atoms with Gasteiger partial charge in [0.15, 0.2) is 0 Å². The van der Waals surface area contributed by atoms with Crippen LogP contribution in [0.3, 0.4) is 0 Å². The van der Waals surface area contributed by atoms with Crippen molar-refractivity contribution in [3.8, 4) is 0 Å².